The number of aromatic amines is 1. The van der Waals surface area contributed by atoms with Gasteiger partial charge in [-0.1, -0.05) is 18.2 Å². The molecule has 4 rings (SSSR count). The molecule has 0 bridgehead atoms. The van der Waals surface area contributed by atoms with Crippen molar-refractivity contribution in [2.24, 2.45) is 0 Å². The van der Waals surface area contributed by atoms with Gasteiger partial charge in [0.2, 0.25) is 5.95 Å². The summed E-state index contributed by atoms with van der Waals surface area (Å²) in [7, 11) is 0. The van der Waals surface area contributed by atoms with E-state index in [4.69, 9.17) is 4.42 Å². The zero-order valence-electron chi connectivity index (χ0n) is 15.2. The molecule has 0 amide bonds. The summed E-state index contributed by atoms with van der Waals surface area (Å²) in [6, 6.07) is 9.68. The zero-order chi connectivity index (χ0) is 18.5. The number of nitrogens with one attached hydrogen (secondary N) is 2. The van der Waals surface area contributed by atoms with Gasteiger partial charge >= 0.3 is 0 Å². The maximum atomic E-state index is 12.4. The van der Waals surface area contributed by atoms with E-state index < -0.39 is 0 Å². The average Bonchev–Trinajstić information content (AvgIpc) is 3.18. The Balaban J connectivity index is 1.71. The molecule has 0 aliphatic heterocycles. The van der Waals surface area contributed by atoms with Crippen LogP contribution in [0.15, 0.2) is 45.7 Å². The smallest absolute Gasteiger partial charge is 0.263 e. The Morgan fingerprint density at radius 3 is 2.77 bits per heavy atom. The van der Waals surface area contributed by atoms with Crippen molar-refractivity contribution in [2.45, 2.75) is 39.3 Å². The quantitative estimate of drug-likeness (QED) is 0.586. The molecule has 0 radical (unpaired) electrons. The number of H-pyrrole nitrogens is 1. The molecule has 3 aromatic heterocycles. The van der Waals surface area contributed by atoms with Crippen molar-refractivity contribution >= 4 is 28.0 Å². The molecule has 7 heteroatoms. The maximum absolute atomic E-state index is 12.4. The molecular weight excluding hydrogens is 330 g/mol. The molecule has 26 heavy (non-hydrogen) atoms. The van der Waals surface area contributed by atoms with Gasteiger partial charge in [-0.05, 0) is 39.8 Å². The van der Waals surface area contributed by atoms with Crippen LogP contribution in [-0.2, 0) is 5.54 Å². The summed E-state index contributed by atoms with van der Waals surface area (Å²) in [5.74, 6) is 1.17. The number of para-hydroxylation sites is 1. The Hall–Kier alpha value is -3.09. The van der Waals surface area contributed by atoms with Crippen molar-refractivity contribution in [1.29, 1.82) is 0 Å². The fraction of sp³-hybridized carbons (Fsp3) is 0.316. The minimum absolute atomic E-state index is 0.158. The van der Waals surface area contributed by atoms with Crippen molar-refractivity contribution in [2.75, 3.05) is 5.32 Å². The van der Waals surface area contributed by atoms with Gasteiger partial charge in [0.05, 0.1) is 17.8 Å². The predicted octanol–water partition coefficient (Wildman–Crippen LogP) is 3.79. The van der Waals surface area contributed by atoms with Gasteiger partial charge in [0.15, 0.2) is 5.65 Å². The van der Waals surface area contributed by atoms with Gasteiger partial charge in [-0.3, -0.25) is 9.78 Å². The first kappa shape index (κ1) is 16.4. The van der Waals surface area contributed by atoms with E-state index in [-0.39, 0.29) is 17.1 Å². The molecule has 134 valence electrons. The highest BCUT2D eigenvalue weighted by Crippen LogP contribution is 2.26. The van der Waals surface area contributed by atoms with Gasteiger partial charge < -0.3 is 9.73 Å². The maximum Gasteiger partial charge on any atom is 0.263 e. The van der Waals surface area contributed by atoms with Crippen LogP contribution in [0.1, 0.15) is 39.5 Å². The van der Waals surface area contributed by atoms with Gasteiger partial charge in [-0.15, -0.1) is 0 Å². The number of rotatable bonds is 3. The van der Waals surface area contributed by atoms with Crippen LogP contribution in [-0.4, -0.2) is 19.7 Å². The number of anilines is 1. The minimum atomic E-state index is -0.274. The summed E-state index contributed by atoms with van der Waals surface area (Å²) in [5, 5.41) is 9.06. The molecule has 0 unspecified atom stereocenters. The second kappa shape index (κ2) is 5.72. The fourth-order valence-electron chi connectivity index (χ4n) is 2.97. The third kappa shape index (κ3) is 2.75. The molecule has 0 aliphatic carbocycles. The van der Waals surface area contributed by atoms with E-state index in [2.05, 4.69) is 20.4 Å². The van der Waals surface area contributed by atoms with Crippen LogP contribution in [0.3, 0.4) is 0 Å². The van der Waals surface area contributed by atoms with E-state index in [0.29, 0.717) is 17.0 Å². The molecule has 3 heterocycles. The first-order valence-electron chi connectivity index (χ1n) is 8.56. The lowest BCUT2D eigenvalue weighted by Crippen LogP contribution is -2.24. The van der Waals surface area contributed by atoms with E-state index in [9.17, 15) is 4.79 Å². The normalized spacial score (nSPS) is 13.4. The summed E-state index contributed by atoms with van der Waals surface area (Å²) >= 11 is 0. The second-order valence-corrected chi connectivity index (χ2v) is 7.43. The Kier molecular flexibility index (Phi) is 3.61. The zero-order valence-corrected chi connectivity index (χ0v) is 15.2. The van der Waals surface area contributed by atoms with Crippen LogP contribution in [0.25, 0.3) is 22.0 Å². The van der Waals surface area contributed by atoms with Crippen LogP contribution in [0.5, 0.6) is 0 Å². The Labute approximate surface area is 150 Å². The number of benzene rings is 1. The topological polar surface area (TPSA) is 88.7 Å². The first-order chi connectivity index (χ1) is 12.3. The Morgan fingerprint density at radius 2 is 2.04 bits per heavy atom. The standard InChI is InChI=1S/C19H21N5O2/c1-11(15-9-12-7-5-6-8-14(12)26-15)21-18-22-16-13(17(25)23-18)10-20-24(16)19(2,3)4/h5-11H,1-4H3,(H2,21,22,23,25)/t11-/m1/s1. The summed E-state index contributed by atoms with van der Waals surface area (Å²) in [5.41, 5.74) is 0.897. The molecule has 0 spiro atoms. The molecule has 0 saturated heterocycles. The molecule has 0 aliphatic rings. The van der Waals surface area contributed by atoms with Crippen molar-refractivity contribution < 1.29 is 4.42 Å². The highest BCUT2D eigenvalue weighted by molar-refractivity contribution is 5.78. The molecule has 0 saturated carbocycles. The Bertz CT molecular complexity index is 1110. The number of hydrogen-bond acceptors (Lipinski definition) is 5. The van der Waals surface area contributed by atoms with E-state index in [0.717, 1.165) is 16.7 Å². The number of fused-ring (bicyclic) bond motifs is 2. The lowest BCUT2D eigenvalue weighted by molar-refractivity contribution is 0.366. The van der Waals surface area contributed by atoms with Gasteiger partial charge in [-0.2, -0.15) is 10.1 Å². The minimum Gasteiger partial charge on any atom is -0.459 e. The van der Waals surface area contributed by atoms with Crippen LogP contribution < -0.4 is 10.9 Å². The van der Waals surface area contributed by atoms with E-state index >= 15 is 0 Å². The molecule has 2 N–H and O–H groups in total. The van der Waals surface area contributed by atoms with Crippen LogP contribution in [0.2, 0.25) is 0 Å². The van der Waals surface area contributed by atoms with E-state index in [1.54, 1.807) is 10.9 Å². The molecule has 4 aromatic rings. The monoisotopic (exact) mass is 351 g/mol. The summed E-state index contributed by atoms with van der Waals surface area (Å²) in [4.78, 5) is 19.7. The Morgan fingerprint density at radius 1 is 1.27 bits per heavy atom. The fourth-order valence-corrected chi connectivity index (χ4v) is 2.97. The second-order valence-electron chi connectivity index (χ2n) is 7.43. The van der Waals surface area contributed by atoms with Crippen LogP contribution >= 0.6 is 0 Å². The summed E-state index contributed by atoms with van der Waals surface area (Å²) in [6.45, 7) is 8.02. The lowest BCUT2D eigenvalue weighted by Gasteiger charge is -2.20. The van der Waals surface area contributed by atoms with Crippen molar-refractivity contribution in [1.82, 2.24) is 19.7 Å². The van der Waals surface area contributed by atoms with Gasteiger partial charge in [-0.25, -0.2) is 4.68 Å². The third-order valence-electron chi connectivity index (χ3n) is 4.30. The average molecular weight is 351 g/mol. The largest absolute Gasteiger partial charge is 0.459 e. The van der Waals surface area contributed by atoms with Gasteiger partial charge in [0.25, 0.3) is 5.56 Å². The van der Waals surface area contributed by atoms with Crippen LogP contribution in [0, 0.1) is 0 Å². The molecule has 7 nitrogen and oxygen atoms in total. The molecule has 1 aromatic carbocycles. The number of nitrogens with zero attached hydrogens (tertiary/aromatic N) is 3. The third-order valence-corrected chi connectivity index (χ3v) is 4.30. The SMILES string of the molecule is C[C@@H](Nc1nc2c(cnn2C(C)(C)C)c(=O)[nH]1)c1cc2ccccc2o1. The highest BCUT2D eigenvalue weighted by Gasteiger charge is 2.20. The molecular formula is C19H21N5O2. The number of furan rings is 1. The first-order valence-corrected chi connectivity index (χ1v) is 8.56. The van der Waals surface area contributed by atoms with E-state index in [1.807, 2.05) is 58.0 Å². The van der Waals surface area contributed by atoms with Crippen molar-refractivity contribution in [3.63, 3.8) is 0 Å². The summed E-state index contributed by atoms with van der Waals surface area (Å²) < 4.78 is 7.64. The van der Waals surface area contributed by atoms with E-state index in [1.165, 1.54) is 0 Å². The molecule has 1 atom stereocenters. The summed E-state index contributed by atoms with van der Waals surface area (Å²) in [6.07, 6.45) is 1.55. The predicted molar refractivity (Wildman–Crippen MR) is 101 cm³/mol. The highest BCUT2D eigenvalue weighted by atomic mass is 16.3. The van der Waals surface area contributed by atoms with Crippen molar-refractivity contribution in [3.05, 3.63) is 52.6 Å². The van der Waals surface area contributed by atoms with Crippen molar-refractivity contribution in [3.8, 4) is 0 Å². The van der Waals surface area contributed by atoms with Crippen LogP contribution in [0.4, 0.5) is 5.95 Å². The number of aromatic nitrogens is 4. The lowest BCUT2D eigenvalue weighted by atomic mass is 10.1. The molecule has 0 fully saturated rings. The van der Waals surface area contributed by atoms with Gasteiger partial charge in [0, 0.05) is 5.39 Å². The van der Waals surface area contributed by atoms with Gasteiger partial charge in [0.1, 0.15) is 16.7 Å². The number of hydrogen-bond donors (Lipinski definition) is 2.